The van der Waals surface area contributed by atoms with Crippen LogP contribution in [0.5, 0.6) is 0 Å². The highest BCUT2D eigenvalue weighted by atomic mass is 19.1. The first-order valence-corrected chi connectivity index (χ1v) is 8.60. The Kier molecular flexibility index (Phi) is 5.93. The number of halogens is 1. The monoisotopic (exact) mass is 347 g/mol. The average Bonchev–Trinajstić information content (AvgIpc) is 3.03. The Morgan fingerprint density at radius 1 is 1.28 bits per heavy atom. The van der Waals surface area contributed by atoms with Gasteiger partial charge >= 0.3 is 0 Å². The van der Waals surface area contributed by atoms with Crippen LogP contribution in [0.2, 0.25) is 0 Å². The number of aromatic nitrogens is 2. The maximum atomic E-state index is 13.1. The first-order valence-electron chi connectivity index (χ1n) is 8.60. The summed E-state index contributed by atoms with van der Waals surface area (Å²) in [6, 6.07) is 6.13. The number of aryl methyl sites for hydroxylation is 1. The number of amides is 1. The number of carbonyl (C=O) groups is 1. The van der Waals surface area contributed by atoms with Crippen LogP contribution in [0.3, 0.4) is 0 Å². The molecule has 0 aliphatic carbocycles. The van der Waals surface area contributed by atoms with Crippen molar-refractivity contribution in [2.75, 3.05) is 6.54 Å². The predicted molar refractivity (Wildman–Crippen MR) is 93.5 cm³/mol. The molecule has 1 amide bonds. The molecule has 0 saturated carbocycles. The summed E-state index contributed by atoms with van der Waals surface area (Å²) in [6.45, 7) is 10.5. The number of rotatable bonds is 6. The van der Waals surface area contributed by atoms with Gasteiger partial charge in [0.1, 0.15) is 5.82 Å². The van der Waals surface area contributed by atoms with Crippen LogP contribution in [0.4, 0.5) is 4.39 Å². The Morgan fingerprint density at radius 2 is 1.92 bits per heavy atom. The van der Waals surface area contributed by atoms with Crippen LogP contribution in [0.15, 0.2) is 28.8 Å². The Morgan fingerprint density at radius 3 is 2.44 bits per heavy atom. The summed E-state index contributed by atoms with van der Waals surface area (Å²) in [6.07, 6.45) is 0.708. The lowest BCUT2D eigenvalue weighted by Gasteiger charge is -2.28. The Bertz CT molecular complexity index is 704. The minimum absolute atomic E-state index is 0.00911. The van der Waals surface area contributed by atoms with Gasteiger partial charge in [0.15, 0.2) is 5.82 Å². The number of benzene rings is 1. The molecule has 1 unspecified atom stereocenters. The molecule has 0 bridgehead atoms. The van der Waals surface area contributed by atoms with Crippen molar-refractivity contribution in [3.63, 3.8) is 0 Å². The van der Waals surface area contributed by atoms with E-state index >= 15 is 0 Å². The maximum absolute atomic E-state index is 13.1. The van der Waals surface area contributed by atoms with Gasteiger partial charge in [0.05, 0.1) is 6.04 Å². The van der Waals surface area contributed by atoms with Crippen molar-refractivity contribution in [2.24, 2.45) is 0 Å². The van der Waals surface area contributed by atoms with Crippen molar-refractivity contribution in [1.29, 1.82) is 0 Å². The molecule has 0 aliphatic heterocycles. The predicted octanol–water partition coefficient (Wildman–Crippen LogP) is 4.05. The van der Waals surface area contributed by atoms with Gasteiger partial charge in [-0.25, -0.2) is 4.39 Å². The summed E-state index contributed by atoms with van der Waals surface area (Å²) in [5, 5.41) is 3.97. The first-order chi connectivity index (χ1) is 11.7. The van der Waals surface area contributed by atoms with Crippen LogP contribution in [0.1, 0.15) is 64.4 Å². The van der Waals surface area contributed by atoms with E-state index in [9.17, 15) is 9.18 Å². The zero-order valence-electron chi connectivity index (χ0n) is 15.5. The Hall–Kier alpha value is -2.24. The fourth-order valence-electron chi connectivity index (χ4n) is 2.61. The molecule has 25 heavy (non-hydrogen) atoms. The van der Waals surface area contributed by atoms with Crippen molar-refractivity contribution < 1.29 is 13.7 Å². The Labute approximate surface area is 148 Å². The standard InChI is InChI=1S/C19H26FN3O2/c1-6-23(13(2)14-7-9-15(20)10-8-14)17(24)12-11-16-21-18(22-25-16)19(3,4)5/h7-10,13H,6,11-12H2,1-5H3. The van der Waals surface area contributed by atoms with Gasteiger partial charge < -0.3 is 9.42 Å². The number of nitrogens with zero attached hydrogens (tertiary/aromatic N) is 3. The molecule has 1 aromatic carbocycles. The van der Waals surface area contributed by atoms with E-state index in [1.54, 1.807) is 17.0 Å². The van der Waals surface area contributed by atoms with Gasteiger partial charge in [0.25, 0.3) is 0 Å². The fraction of sp³-hybridized carbons (Fsp3) is 0.526. The van der Waals surface area contributed by atoms with E-state index in [0.717, 1.165) is 5.56 Å². The van der Waals surface area contributed by atoms with Gasteiger partial charge in [0, 0.05) is 24.8 Å². The number of hydrogen-bond donors (Lipinski definition) is 0. The van der Waals surface area contributed by atoms with E-state index in [1.807, 2.05) is 34.6 Å². The summed E-state index contributed by atoms with van der Waals surface area (Å²) in [5.41, 5.74) is 0.725. The van der Waals surface area contributed by atoms with Crippen molar-refractivity contribution in [3.8, 4) is 0 Å². The van der Waals surface area contributed by atoms with E-state index in [1.165, 1.54) is 12.1 Å². The lowest BCUT2D eigenvalue weighted by Crippen LogP contribution is -2.33. The third kappa shape index (κ3) is 4.87. The molecule has 1 aromatic heterocycles. The molecule has 0 aliphatic rings. The van der Waals surface area contributed by atoms with Crippen molar-refractivity contribution >= 4 is 5.91 Å². The van der Waals surface area contributed by atoms with Gasteiger partial charge in [-0.2, -0.15) is 4.98 Å². The van der Waals surface area contributed by atoms with Crippen LogP contribution in [0, 0.1) is 5.82 Å². The van der Waals surface area contributed by atoms with E-state index < -0.39 is 0 Å². The molecular weight excluding hydrogens is 321 g/mol. The lowest BCUT2D eigenvalue weighted by molar-refractivity contribution is -0.133. The second-order valence-electron chi connectivity index (χ2n) is 7.17. The van der Waals surface area contributed by atoms with Crippen LogP contribution in [-0.4, -0.2) is 27.5 Å². The van der Waals surface area contributed by atoms with Gasteiger partial charge in [-0.05, 0) is 31.5 Å². The molecule has 2 aromatic rings. The summed E-state index contributed by atoms with van der Waals surface area (Å²) in [4.78, 5) is 18.7. The lowest BCUT2D eigenvalue weighted by atomic mass is 9.96. The van der Waals surface area contributed by atoms with E-state index in [2.05, 4.69) is 10.1 Å². The molecule has 5 nitrogen and oxygen atoms in total. The maximum Gasteiger partial charge on any atom is 0.227 e. The molecule has 1 atom stereocenters. The van der Waals surface area contributed by atoms with Crippen molar-refractivity contribution in [1.82, 2.24) is 15.0 Å². The molecule has 0 fully saturated rings. The van der Waals surface area contributed by atoms with Crippen LogP contribution in [0.25, 0.3) is 0 Å². The van der Waals surface area contributed by atoms with E-state index in [0.29, 0.717) is 31.1 Å². The van der Waals surface area contributed by atoms with Crippen LogP contribution in [-0.2, 0) is 16.6 Å². The minimum atomic E-state index is -0.281. The van der Waals surface area contributed by atoms with Gasteiger partial charge in [0.2, 0.25) is 11.8 Å². The zero-order chi connectivity index (χ0) is 18.6. The van der Waals surface area contributed by atoms with Gasteiger partial charge in [-0.3, -0.25) is 4.79 Å². The zero-order valence-corrected chi connectivity index (χ0v) is 15.5. The Balaban J connectivity index is 2.00. The fourth-order valence-corrected chi connectivity index (χ4v) is 2.61. The summed E-state index contributed by atoms with van der Waals surface area (Å²) in [7, 11) is 0. The first kappa shape index (κ1) is 19.1. The van der Waals surface area contributed by atoms with Crippen molar-refractivity contribution in [2.45, 2.75) is 58.9 Å². The van der Waals surface area contributed by atoms with E-state index in [-0.39, 0.29) is 23.2 Å². The van der Waals surface area contributed by atoms with Crippen LogP contribution < -0.4 is 0 Å². The second kappa shape index (κ2) is 7.76. The molecule has 1 heterocycles. The average molecular weight is 347 g/mol. The summed E-state index contributed by atoms with van der Waals surface area (Å²) < 4.78 is 18.3. The summed E-state index contributed by atoms with van der Waals surface area (Å²) >= 11 is 0. The molecule has 0 saturated heterocycles. The largest absolute Gasteiger partial charge is 0.339 e. The second-order valence-corrected chi connectivity index (χ2v) is 7.17. The third-order valence-corrected chi connectivity index (χ3v) is 4.17. The highest BCUT2D eigenvalue weighted by Crippen LogP contribution is 2.22. The summed E-state index contributed by atoms with van der Waals surface area (Å²) in [5.74, 6) is 0.844. The molecule has 2 rings (SSSR count). The molecule has 136 valence electrons. The SMILES string of the molecule is CCN(C(=O)CCc1nc(C(C)(C)C)no1)C(C)c1ccc(F)cc1. The smallest absolute Gasteiger partial charge is 0.227 e. The molecule has 6 heteroatoms. The molecule has 0 N–H and O–H groups in total. The number of carbonyl (C=O) groups excluding carboxylic acids is 1. The normalized spacial score (nSPS) is 12.9. The number of hydrogen-bond acceptors (Lipinski definition) is 4. The van der Waals surface area contributed by atoms with Crippen molar-refractivity contribution in [3.05, 3.63) is 47.4 Å². The topological polar surface area (TPSA) is 59.2 Å². The minimum Gasteiger partial charge on any atom is -0.339 e. The highest BCUT2D eigenvalue weighted by Gasteiger charge is 2.23. The quantitative estimate of drug-likeness (QED) is 0.791. The third-order valence-electron chi connectivity index (χ3n) is 4.17. The van der Waals surface area contributed by atoms with E-state index in [4.69, 9.17) is 4.52 Å². The van der Waals surface area contributed by atoms with Gasteiger partial charge in [-0.1, -0.05) is 38.1 Å². The molecule has 0 spiro atoms. The molecular formula is C19H26FN3O2. The van der Waals surface area contributed by atoms with Crippen LogP contribution >= 0.6 is 0 Å². The van der Waals surface area contributed by atoms with Gasteiger partial charge in [-0.15, -0.1) is 0 Å². The molecule has 0 radical (unpaired) electrons. The highest BCUT2D eigenvalue weighted by molar-refractivity contribution is 5.76.